The van der Waals surface area contributed by atoms with Crippen molar-refractivity contribution in [3.63, 3.8) is 0 Å². The summed E-state index contributed by atoms with van der Waals surface area (Å²) in [4.78, 5) is 9.00. The molecule has 0 bridgehead atoms. The van der Waals surface area contributed by atoms with Crippen molar-refractivity contribution in [2.24, 2.45) is 9.98 Å². The van der Waals surface area contributed by atoms with Gasteiger partial charge < -0.3 is 10.2 Å². The van der Waals surface area contributed by atoms with Gasteiger partial charge in [0.2, 0.25) is 0 Å². The fraction of sp³-hybridized carbons (Fsp3) is 0.231. The molecule has 4 nitrogen and oxygen atoms in total. The summed E-state index contributed by atoms with van der Waals surface area (Å²) in [6, 6.07) is 18.8. The van der Waals surface area contributed by atoms with E-state index in [2.05, 4.69) is 23.8 Å². The van der Waals surface area contributed by atoms with Gasteiger partial charge in [-0.15, -0.1) is 0 Å². The van der Waals surface area contributed by atoms with Gasteiger partial charge in [-0.1, -0.05) is 44.9 Å². The van der Waals surface area contributed by atoms with Crippen molar-refractivity contribution in [1.29, 1.82) is 0 Å². The summed E-state index contributed by atoms with van der Waals surface area (Å²) in [5.41, 5.74) is 5.25. The minimum absolute atomic E-state index is 0.218. The fourth-order valence-corrected chi connectivity index (χ4v) is 3.24. The first kappa shape index (κ1) is 21.3. The maximum absolute atomic E-state index is 10.1. The van der Waals surface area contributed by atoms with Crippen LogP contribution in [0.25, 0.3) is 0 Å². The Morgan fingerprint density at radius 3 is 1.57 bits per heavy atom. The van der Waals surface area contributed by atoms with Gasteiger partial charge in [-0.25, -0.2) is 0 Å². The van der Waals surface area contributed by atoms with Gasteiger partial charge in [-0.2, -0.15) is 0 Å². The lowest BCUT2D eigenvalue weighted by Crippen LogP contribution is -1.88. The maximum atomic E-state index is 10.1. The quantitative estimate of drug-likeness (QED) is 0.424. The fourth-order valence-electron chi connectivity index (χ4n) is 3.24. The zero-order chi connectivity index (χ0) is 21.3. The van der Waals surface area contributed by atoms with Crippen molar-refractivity contribution in [2.75, 3.05) is 0 Å². The molecular formula is C26H28N2O2. The molecular weight excluding hydrogens is 372 g/mol. The second kappa shape index (κ2) is 10.4. The van der Waals surface area contributed by atoms with E-state index in [4.69, 9.17) is 0 Å². The second-order valence-corrected chi connectivity index (χ2v) is 7.32. The van der Waals surface area contributed by atoms with Crippen LogP contribution in [0.2, 0.25) is 0 Å². The van der Waals surface area contributed by atoms with E-state index in [-0.39, 0.29) is 11.5 Å². The summed E-state index contributed by atoms with van der Waals surface area (Å²) >= 11 is 0. The molecule has 0 unspecified atom stereocenters. The molecule has 3 aromatic rings. The largest absolute Gasteiger partial charge is 0.507 e. The van der Waals surface area contributed by atoms with Crippen molar-refractivity contribution in [3.8, 4) is 11.5 Å². The molecule has 2 N–H and O–H groups in total. The van der Waals surface area contributed by atoms with E-state index < -0.39 is 0 Å². The van der Waals surface area contributed by atoms with E-state index in [1.807, 2.05) is 48.5 Å². The number of aromatic hydroxyl groups is 2. The molecule has 0 heterocycles. The first-order chi connectivity index (χ1) is 14.6. The van der Waals surface area contributed by atoms with E-state index in [1.165, 1.54) is 11.1 Å². The molecule has 0 spiro atoms. The van der Waals surface area contributed by atoms with Gasteiger partial charge in [0.1, 0.15) is 11.5 Å². The van der Waals surface area contributed by atoms with E-state index in [0.29, 0.717) is 11.1 Å². The van der Waals surface area contributed by atoms with Gasteiger partial charge in [-0.05, 0) is 66.4 Å². The average Bonchev–Trinajstić information content (AvgIpc) is 2.75. The number of phenolic OH excluding ortho intramolecular Hbond substituents is 2. The summed E-state index contributed by atoms with van der Waals surface area (Å²) in [6.45, 7) is 4.26. The van der Waals surface area contributed by atoms with Crippen molar-refractivity contribution in [2.45, 2.75) is 39.5 Å². The van der Waals surface area contributed by atoms with Crippen LogP contribution in [0.15, 0.2) is 70.6 Å². The molecule has 0 atom stereocenters. The van der Waals surface area contributed by atoms with Gasteiger partial charge >= 0.3 is 0 Å². The predicted octanol–water partition coefficient (Wildman–Crippen LogP) is 6.50. The Balaban J connectivity index is 1.79. The first-order valence-corrected chi connectivity index (χ1v) is 10.4. The lowest BCUT2D eigenvalue weighted by molar-refractivity contribution is 0.473. The Kier molecular flexibility index (Phi) is 7.39. The number of phenols is 2. The van der Waals surface area contributed by atoms with Crippen LogP contribution in [-0.2, 0) is 12.8 Å². The zero-order valence-electron chi connectivity index (χ0n) is 17.5. The molecule has 3 rings (SSSR count). The molecule has 0 fully saturated rings. The summed E-state index contributed by atoms with van der Waals surface area (Å²) in [6.07, 6.45) is 7.40. The monoisotopic (exact) mass is 400 g/mol. The number of aryl methyl sites for hydroxylation is 2. The molecule has 4 heteroatoms. The lowest BCUT2D eigenvalue weighted by atomic mass is 10.1. The van der Waals surface area contributed by atoms with Crippen molar-refractivity contribution < 1.29 is 10.2 Å². The van der Waals surface area contributed by atoms with Crippen LogP contribution in [0.1, 0.15) is 48.9 Å². The molecule has 0 saturated carbocycles. The molecule has 0 radical (unpaired) electrons. The van der Waals surface area contributed by atoms with Gasteiger partial charge in [0.25, 0.3) is 0 Å². The topological polar surface area (TPSA) is 65.2 Å². The normalized spacial score (nSPS) is 11.5. The van der Waals surface area contributed by atoms with E-state index in [0.717, 1.165) is 37.1 Å². The van der Waals surface area contributed by atoms with Crippen LogP contribution in [-0.4, -0.2) is 22.6 Å². The van der Waals surface area contributed by atoms with Crippen LogP contribution in [0, 0.1) is 0 Å². The summed E-state index contributed by atoms with van der Waals surface area (Å²) < 4.78 is 0. The summed E-state index contributed by atoms with van der Waals surface area (Å²) in [7, 11) is 0. The third kappa shape index (κ3) is 5.80. The highest BCUT2D eigenvalue weighted by molar-refractivity contribution is 5.87. The minimum atomic E-state index is 0.218. The van der Waals surface area contributed by atoms with Gasteiger partial charge in [0.05, 0.1) is 11.4 Å². The molecule has 3 aromatic carbocycles. The Morgan fingerprint density at radius 2 is 1.13 bits per heavy atom. The third-order valence-electron chi connectivity index (χ3n) is 4.80. The van der Waals surface area contributed by atoms with Crippen LogP contribution in [0.4, 0.5) is 11.4 Å². The highest BCUT2D eigenvalue weighted by Crippen LogP contribution is 2.24. The van der Waals surface area contributed by atoms with E-state index in [1.54, 1.807) is 24.6 Å². The summed E-state index contributed by atoms with van der Waals surface area (Å²) in [5.74, 6) is 0.436. The molecule has 0 aliphatic carbocycles. The van der Waals surface area contributed by atoms with Crippen molar-refractivity contribution in [1.82, 2.24) is 0 Å². The van der Waals surface area contributed by atoms with Crippen molar-refractivity contribution in [3.05, 3.63) is 82.9 Å². The van der Waals surface area contributed by atoms with E-state index in [9.17, 15) is 10.2 Å². The van der Waals surface area contributed by atoms with E-state index >= 15 is 0 Å². The Labute approximate surface area is 178 Å². The smallest absolute Gasteiger partial charge is 0.124 e. The number of benzene rings is 3. The minimum Gasteiger partial charge on any atom is -0.507 e. The van der Waals surface area contributed by atoms with Crippen LogP contribution < -0.4 is 0 Å². The Bertz CT molecular complexity index is 974. The molecule has 0 aliphatic rings. The lowest BCUT2D eigenvalue weighted by Gasteiger charge is -2.04. The average molecular weight is 401 g/mol. The molecule has 0 aromatic heterocycles. The van der Waals surface area contributed by atoms with Gasteiger partial charge in [0, 0.05) is 23.6 Å². The zero-order valence-corrected chi connectivity index (χ0v) is 17.5. The highest BCUT2D eigenvalue weighted by Gasteiger charge is 2.02. The Hall–Kier alpha value is -3.40. The van der Waals surface area contributed by atoms with Gasteiger partial charge in [0.15, 0.2) is 0 Å². The van der Waals surface area contributed by atoms with Crippen LogP contribution in [0.5, 0.6) is 11.5 Å². The van der Waals surface area contributed by atoms with Crippen molar-refractivity contribution >= 4 is 23.8 Å². The highest BCUT2D eigenvalue weighted by atomic mass is 16.3. The standard InChI is InChI=1S/C26H28N2O2/c1-3-6-19-10-12-25(29)21(14-19)17-27-23-8-5-9-24(16-23)28-18-22-15-20(7-4-2)11-13-26(22)30/h5,8-18,29-30H,3-4,6-7H2,1-2H3. The van der Waals surface area contributed by atoms with Crippen LogP contribution >= 0.6 is 0 Å². The number of hydrogen-bond acceptors (Lipinski definition) is 4. The molecule has 30 heavy (non-hydrogen) atoms. The Morgan fingerprint density at radius 1 is 0.667 bits per heavy atom. The molecule has 0 amide bonds. The first-order valence-electron chi connectivity index (χ1n) is 10.4. The van der Waals surface area contributed by atoms with Gasteiger partial charge in [-0.3, -0.25) is 9.98 Å². The number of hydrogen-bond donors (Lipinski definition) is 2. The summed E-state index contributed by atoms with van der Waals surface area (Å²) in [5, 5.41) is 20.2. The third-order valence-corrected chi connectivity index (χ3v) is 4.80. The SMILES string of the molecule is CCCc1ccc(O)c(C=Nc2cccc(N=Cc3cc(CCC)ccc3O)c2)c1. The number of aliphatic imine (C=N–C) groups is 2. The van der Waals surface area contributed by atoms with Crippen LogP contribution in [0.3, 0.4) is 0 Å². The maximum Gasteiger partial charge on any atom is 0.124 e. The molecule has 0 aliphatic heterocycles. The number of nitrogens with zero attached hydrogens (tertiary/aromatic N) is 2. The predicted molar refractivity (Wildman–Crippen MR) is 125 cm³/mol. The second-order valence-electron chi connectivity index (χ2n) is 7.32. The molecule has 154 valence electrons. The molecule has 0 saturated heterocycles. The number of rotatable bonds is 8.